The molecule has 0 atom stereocenters. The second kappa shape index (κ2) is 3.32. The summed E-state index contributed by atoms with van der Waals surface area (Å²) in [5, 5.41) is 10.3. The van der Waals surface area contributed by atoms with Gasteiger partial charge in [-0.15, -0.1) is 0 Å². The van der Waals surface area contributed by atoms with Crippen LogP contribution in [-0.4, -0.2) is 11.8 Å². The molecule has 0 saturated carbocycles. The summed E-state index contributed by atoms with van der Waals surface area (Å²) < 4.78 is 0. The fourth-order valence-corrected chi connectivity index (χ4v) is 1.78. The summed E-state index contributed by atoms with van der Waals surface area (Å²) in [6.07, 6.45) is 2.51. The lowest BCUT2D eigenvalue weighted by molar-refractivity contribution is -0.304. The number of hydrogen-bond donors (Lipinski definition) is 0. The highest BCUT2D eigenvalue weighted by Gasteiger charge is 2.26. The quantitative estimate of drug-likeness (QED) is 0.621. The molecule has 0 aromatic rings. The molecule has 0 saturated heterocycles. The Balaban J connectivity index is 2.75. The molecule has 0 bridgehead atoms. The minimum absolute atomic E-state index is 0.0208. The van der Waals surface area contributed by atoms with E-state index in [9.17, 15) is 14.7 Å². The molecule has 1 rings (SSSR count). The van der Waals surface area contributed by atoms with Gasteiger partial charge in [0.2, 0.25) is 0 Å². The molecule has 0 amide bonds. The van der Waals surface area contributed by atoms with Crippen LogP contribution in [0.15, 0.2) is 11.6 Å². The van der Waals surface area contributed by atoms with Crippen LogP contribution in [0, 0.1) is 5.41 Å². The van der Waals surface area contributed by atoms with Gasteiger partial charge < -0.3 is 9.90 Å². The van der Waals surface area contributed by atoms with Crippen LogP contribution in [0.2, 0.25) is 0 Å². The smallest absolute Gasteiger partial charge is 0.156 e. The molecule has 13 heavy (non-hydrogen) atoms. The zero-order valence-corrected chi connectivity index (χ0v) is 7.92. The molecule has 0 aliphatic heterocycles. The number of carboxylic acid groups (broad SMARTS) is 1. The van der Waals surface area contributed by atoms with Crippen LogP contribution < -0.4 is 5.11 Å². The van der Waals surface area contributed by atoms with E-state index in [0.29, 0.717) is 18.4 Å². The van der Waals surface area contributed by atoms with Crippen LogP contribution in [0.25, 0.3) is 0 Å². The minimum Gasteiger partial charge on any atom is -0.550 e. The molecule has 0 aromatic carbocycles. The van der Waals surface area contributed by atoms with E-state index in [1.807, 2.05) is 13.8 Å². The second-order valence-corrected chi connectivity index (χ2v) is 4.34. The average Bonchev–Trinajstić information content (AvgIpc) is 1.78. The lowest BCUT2D eigenvalue weighted by Crippen LogP contribution is -2.27. The van der Waals surface area contributed by atoms with Crippen LogP contribution in [0.1, 0.15) is 33.1 Å². The number of allylic oxidation sites excluding steroid dienone is 1. The van der Waals surface area contributed by atoms with Gasteiger partial charge in [-0.1, -0.05) is 19.4 Å². The Bertz CT molecular complexity index is 274. The minimum atomic E-state index is -1.11. The second-order valence-electron chi connectivity index (χ2n) is 4.34. The van der Waals surface area contributed by atoms with Crippen molar-refractivity contribution in [2.75, 3.05) is 0 Å². The number of aliphatic carboxylic acids is 1. The lowest BCUT2D eigenvalue weighted by atomic mass is 9.76. The van der Waals surface area contributed by atoms with Crippen molar-refractivity contribution in [2.45, 2.75) is 33.1 Å². The third kappa shape index (κ3) is 3.01. The summed E-state index contributed by atoms with van der Waals surface area (Å²) >= 11 is 0. The van der Waals surface area contributed by atoms with Gasteiger partial charge in [0.15, 0.2) is 5.78 Å². The molecule has 0 spiro atoms. The molecule has 3 heteroatoms. The molecule has 0 aromatic heterocycles. The first-order chi connectivity index (χ1) is 5.89. The topological polar surface area (TPSA) is 57.2 Å². The fourth-order valence-electron chi connectivity index (χ4n) is 1.78. The third-order valence-electron chi connectivity index (χ3n) is 2.09. The van der Waals surface area contributed by atoms with Gasteiger partial charge in [0.25, 0.3) is 0 Å². The highest BCUT2D eigenvalue weighted by atomic mass is 16.4. The molecule has 0 N–H and O–H groups in total. The van der Waals surface area contributed by atoms with E-state index in [2.05, 4.69) is 0 Å². The van der Waals surface area contributed by atoms with Crippen molar-refractivity contribution in [3.8, 4) is 0 Å². The maximum atomic E-state index is 11.2. The summed E-state index contributed by atoms with van der Waals surface area (Å²) in [5.41, 5.74) is 0.581. The molecular formula is C10H13O3-. The van der Waals surface area contributed by atoms with Crippen molar-refractivity contribution < 1.29 is 14.7 Å². The average molecular weight is 181 g/mol. The van der Waals surface area contributed by atoms with Crippen molar-refractivity contribution in [3.63, 3.8) is 0 Å². The third-order valence-corrected chi connectivity index (χ3v) is 2.09. The van der Waals surface area contributed by atoms with Gasteiger partial charge in [-0.3, -0.25) is 4.79 Å². The first-order valence-corrected chi connectivity index (χ1v) is 4.31. The number of hydrogen-bond acceptors (Lipinski definition) is 3. The van der Waals surface area contributed by atoms with Gasteiger partial charge in [0, 0.05) is 18.8 Å². The standard InChI is InChI=1S/C10H14O3/c1-10(2)5-7(4-9(12)13)3-8(11)6-10/h3H,4-6H2,1-2H3,(H,12,13)/p-1. The summed E-state index contributed by atoms with van der Waals surface area (Å²) in [4.78, 5) is 21.5. The highest BCUT2D eigenvalue weighted by Crippen LogP contribution is 2.34. The molecule has 3 nitrogen and oxygen atoms in total. The van der Waals surface area contributed by atoms with Crippen LogP contribution in [-0.2, 0) is 9.59 Å². The largest absolute Gasteiger partial charge is 0.550 e. The van der Waals surface area contributed by atoms with E-state index >= 15 is 0 Å². The summed E-state index contributed by atoms with van der Waals surface area (Å²) in [7, 11) is 0. The van der Waals surface area contributed by atoms with E-state index in [4.69, 9.17) is 0 Å². The molecule has 1 aliphatic rings. The molecule has 0 heterocycles. The van der Waals surface area contributed by atoms with Gasteiger partial charge in [0.1, 0.15) is 0 Å². The zero-order valence-electron chi connectivity index (χ0n) is 7.92. The SMILES string of the molecule is CC1(C)CC(=O)C=C(CC(=O)[O-])C1. The Labute approximate surface area is 77.4 Å². The first kappa shape index (κ1) is 9.96. The molecule has 0 fully saturated rings. The van der Waals surface area contributed by atoms with E-state index in [1.165, 1.54) is 6.08 Å². The molecule has 1 aliphatic carbocycles. The molecule has 0 unspecified atom stereocenters. The number of carbonyl (C=O) groups excluding carboxylic acids is 2. The van der Waals surface area contributed by atoms with E-state index in [-0.39, 0.29) is 17.6 Å². The number of rotatable bonds is 2. The molecular weight excluding hydrogens is 168 g/mol. The van der Waals surface area contributed by atoms with E-state index in [1.54, 1.807) is 0 Å². The molecule has 0 radical (unpaired) electrons. The Hall–Kier alpha value is -1.12. The Morgan fingerprint density at radius 2 is 2.15 bits per heavy atom. The molecule has 72 valence electrons. The first-order valence-electron chi connectivity index (χ1n) is 4.31. The van der Waals surface area contributed by atoms with Gasteiger partial charge in [-0.05, 0) is 17.9 Å². The lowest BCUT2D eigenvalue weighted by Gasteiger charge is -2.28. The number of ketones is 1. The predicted octanol–water partition coefficient (Wildman–Crippen LogP) is 0.442. The van der Waals surface area contributed by atoms with Crippen molar-refractivity contribution in [3.05, 3.63) is 11.6 Å². The van der Waals surface area contributed by atoms with Gasteiger partial charge in [-0.2, -0.15) is 0 Å². The highest BCUT2D eigenvalue weighted by molar-refractivity contribution is 5.92. The maximum Gasteiger partial charge on any atom is 0.156 e. The van der Waals surface area contributed by atoms with Crippen molar-refractivity contribution in [1.82, 2.24) is 0 Å². The summed E-state index contributed by atoms with van der Waals surface area (Å²) in [6, 6.07) is 0. The summed E-state index contributed by atoms with van der Waals surface area (Å²) in [6.45, 7) is 3.93. The Kier molecular flexibility index (Phi) is 2.55. The van der Waals surface area contributed by atoms with E-state index in [0.717, 1.165) is 0 Å². The van der Waals surface area contributed by atoms with E-state index < -0.39 is 5.97 Å². The zero-order chi connectivity index (χ0) is 10.1. The van der Waals surface area contributed by atoms with Crippen LogP contribution in [0.3, 0.4) is 0 Å². The van der Waals surface area contributed by atoms with Gasteiger partial charge in [0.05, 0.1) is 0 Å². The number of carbonyl (C=O) groups is 2. The summed E-state index contributed by atoms with van der Waals surface area (Å²) in [5.74, 6) is -1.09. The van der Waals surface area contributed by atoms with Gasteiger partial charge in [-0.25, -0.2) is 0 Å². The maximum absolute atomic E-state index is 11.2. The predicted molar refractivity (Wildman–Crippen MR) is 45.7 cm³/mol. The van der Waals surface area contributed by atoms with Crippen LogP contribution in [0.5, 0.6) is 0 Å². The normalized spacial score (nSPS) is 21.1. The van der Waals surface area contributed by atoms with Crippen molar-refractivity contribution >= 4 is 11.8 Å². The van der Waals surface area contributed by atoms with Crippen LogP contribution >= 0.6 is 0 Å². The van der Waals surface area contributed by atoms with Crippen LogP contribution in [0.4, 0.5) is 0 Å². The Morgan fingerprint density at radius 3 is 2.62 bits per heavy atom. The monoisotopic (exact) mass is 181 g/mol. The number of carboxylic acids is 1. The fraction of sp³-hybridized carbons (Fsp3) is 0.600. The Morgan fingerprint density at radius 1 is 1.54 bits per heavy atom. The van der Waals surface area contributed by atoms with Crippen molar-refractivity contribution in [2.24, 2.45) is 5.41 Å². The van der Waals surface area contributed by atoms with Gasteiger partial charge >= 0.3 is 0 Å². The van der Waals surface area contributed by atoms with Crippen molar-refractivity contribution in [1.29, 1.82) is 0 Å².